The Hall–Kier alpha value is -1.24. The van der Waals surface area contributed by atoms with Gasteiger partial charge in [0.05, 0.1) is 12.0 Å². The van der Waals surface area contributed by atoms with Gasteiger partial charge >= 0.3 is 5.97 Å². The Morgan fingerprint density at radius 1 is 1.71 bits per heavy atom. The molecule has 0 radical (unpaired) electrons. The molecule has 0 aromatic heterocycles. The molecule has 0 aromatic rings. The number of nitro groups is 1. The van der Waals surface area contributed by atoms with E-state index in [-0.39, 0.29) is 0 Å². The normalized spacial score (nSPS) is 13.2. The van der Waals surface area contributed by atoms with Crippen molar-refractivity contribution in [1.82, 2.24) is 5.32 Å². The number of carbonyl (C=O) groups is 1. The Morgan fingerprint density at radius 2 is 2.29 bits per heavy atom. The van der Waals surface area contributed by atoms with Crippen LogP contribution in [0.2, 0.25) is 0 Å². The van der Waals surface area contributed by atoms with Gasteiger partial charge in [0.15, 0.2) is 0 Å². The lowest BCUT2D eigenvalue weighted by Crippen LogP contribution is -2.33. The van der Waals surface area contributed by atoms with Crippen molar-refractivity contribution in [2.75, 3.05) is 13.4 Å². The second-order valence-corrected chi connectivity index (χ2v) is 3.22. The number of esters is 1. The Labute approximate surface area is 85.8 Å². The predicted molar refractivity (Wildman–Crippen MR) is 53.2 cm³/mol. The molecular weight excluding hydrogens is 208 g/mol. The van der Waals surface area contributed by atoms with Gasteiger partial charge in [0.1, 0.15) is 11.1 Å². The summed E-state index contributed by atoms with van der Waals surface area (Å²) >= 11 is 1.16. The Kier molecular flexibility index (Phi) is 5.70. The van der Waals surface area contributed by atoms with Crippen molar-refractivity contribution in [2.24, 2.45) is 0 Å². The van der Waals surface area contributed by atoms with Gasteiger partial charge in [-0.2, -0.15) is 0 Å². The van der Waals surface area contributed by atoms with Crippen molar-refractivity contribution in [1.29, 1.82) is 0 Å². The summed E-state index contributed by atoms with van der Waals surface area (Å²) in [5.41, 5.74) is 0. The molecule has 0 aliphatic rings. The molecule has 14 heavy (non-hydrogen) atoms. The van der Waals surface area contributed by atoms with Gasteiger partial charge in [-0.1, -0.05) is 0 Å². The highest BCUT2D eigenvalue weighted by molar-refractivity contribution is 8.02. The molecule has 80 valence electrons. The fraction of sp³-hybridized carbons (Fsp3) is 0.571. The van der Waals surface area contributed by atoms with Crippen molar-refractivity contribution < 1.29 is 14.5 Å². The van der Waals surface area contributed by atoms with E-state index in [1.165, 1.54) is 7.11 Å². The minimum Gasteiger partial charge on any atom is -0.467 e. The smallest absolute Gasteiger partial charge is 0.327 e. The summed E-state index contributed by atoms with van der Waals surface area (Å²) in [6.07, 6.45) is 2.48. The SMILES string of the molecule is COC(=O)C(C)NC(=C[N+](=O)[O-])SC. The van der Waals surface area contributed by atoms with Gasteiger partial charge in [-0.15, -0.1) is 11.8 Å². The first-order valence-corrected chi connectivity index (χ1v) is 4.97. The fourth-order valence-corrected chi connectivity index (χ4v) is 1.18. The van der Waals surface area contributed by atoms with E-state index in [0.717, 1.165) is 18.0 Å². The van der Waals surface area contributed by atoms with Crippen molar-refractivity contribution in [3.63, 3.8) is 0 Å². The molecule has 0 saturated carbocycles. The van der Waals surface area contributed by atoms with Crippen molar-refractivity contribution in [3.8, 4) is 0 Å². The standard InChI is InChI=1S/C7H12N2O4S/c1-5(7(10)13-2)8-6(14-3)4-9(11)12/h4-5,8H,1-3H3. The molecule has 1 unspecified atom stereocenters. The maximum atomic E-state index is 11.0. The molecule has 0 amide bonds. The predicted octanol–water partition coefficient (Wildman–Crippen LogP) is 0.576. The van der Waals surface area contributed by atoms with Crippen LogP contribution >= 0.6 is 11.8 Å². The topological polar surface area (TPSA) is 81.5 Å². The van der Waals surface area contributed by atoms with E-state index in [2.05, 4.69) is 10.1 Å². The second kappa shape index (κ2) is 6.25. The van der Waals surface area contributed by atoms with Crippen molar-refractivity contribution >= 4 is 17.7 Å². The van der Waals surface area contributed by atoms with Gasteiger partial charge in [0.2, 0.25) is 0 Å². The number of rotatable bonds is 5. The third kappa shape index (κ3) is 4.70. The second-order valence-electron chi connectivity index (χ2n) is 2.37. The van der Waals surface area contributed by atoms with Crippen LogP contribution in [0, 0.1) is 10.1 Å². The van der Waals surface area contributed by atoms with Gasteiger partial charge in [0.25, 0.3) is 6.20 Å². The van der Waals surface area contributed by atoms with Crippen LogP contribution in [0.4, 0.5) is 0 Å². The maximum absolute atomic E-state index is 11.0. The zero-order valence-corrected chi connectivity index (χ0v) is 8.96. The molecular formula is C7H12N2O4S. The molecule has 0 spiro atoms. The Bertz CT molecular complexity index is 254. The molecule has 0 heterocycles. The summed E-state index contributed by atoms with van der Waals surface area (Å²) in [5, 5.41) is 13.1. The number of methoxy groups -OCH3 is 1. The largest absolute Gasteiger partial charge is 0.467 e. The molecule has 0 rings (SSSR count). The number of nitrogens with zero attached hydrogens (tertiary/aromatic N) is 1. The molecule has 0 bridgehead atoms. The average molecular weight is 220 g/mol. The molecule has 7 heteroatoms. The summed E-state index contributed by atoms with van der Waals surface area (Å²) in [4.78, 5) is 20.5. The first kappa shape index (κ1) is 12.8. The maximum Gasteiger partial charge on any atom is 0.327 e. The molecule has 1 atom stereocenters. The summed E-state index contributed by atoms with van der Waals surface area (Å²) in [5.74, 6) is -0.465. The highest BCUT2D eigenvalue weighted by atomic mass is 32.2. The number of hydrogen-bond acceptors (Lipinski definition) is 6. The van der Waals surface area contributed by atoms with Crippen molar-refractivity contribution in [2.45, 2.75) is 13.0 Å². The zero-order chi connectivity index (χ0) is 11.1. The zero-order valence-electron chi connectivity index (χ0n) is 8.14. The van der Waals surface area contributed by atoms with E-state index < -0.39 is 16.9 Å². The molecule has 0 aromatic carbocycles. The number of ether oxygens (including phenoxy) is 1. The lowest BCUT2D eigenvalue weighted by Gasteiger charge is -2.12. The van der Waals surface area contributed by atoms with Crippen LogP contribution < -0.4 is 5.32 Å². The fourth-order valence-electron chi connectivity index (χ4n) is 0.694. The van der Waals surface area contributed by atoms with E-state index in [4.69, 9.17) is 0 Å². The van der Waals surface area contributed by atoms with E-state index in [9.17, 15) is 14.9 Å². The quantitative estimate of drug-likeness (QED) is 0.414. The van der Waals surface area contributed by atoms with Gasteiger partial charge in [0, 0.05) is 0 Å². The van der Waals surface area contributed by atoms with Crippen molar-refractivity contribution in [3.05, 3.63) is 21.3 Å². The van der Waals surface area contributed by atoms with Crippen LogP contribution in [-0.2, 0) is 9.53 Å². The first-order chi connectivity index (χ1) is 6.51. The molecule has 0 saturated heterocycles. The van der Waals surface area contributed by atoms with E-state index in [0.29, 0.717) is 5.03 Å². The molecule has 1 N–H and O–H groups in total. The third-order valence-corrected chi connectivity index (χ3v) is 2.02. The van der Waals surface area contributed by atoms with Crippen LogP contribution in [0.1, 0.15) is 6.92 Å². The van der Waals surface area contributed by atoms with Crippen LogP contribution in [-0.4, -0.2) is 30.3 Å². The highest BCUT2D eigenvalue weighted by Crippen LogP contribution is 2.08. The summed E-state index contributed by atoms with van der Waals surface area (Å²) in [6.45, 7) is 1.57. The lowest BCUT2D eigenvalue weighted by atomic mass is 10.3. The van der Waals surface area contributed by atoms with Gasteiger partial charge < -0.3 is 10.1 Å². The lowest BCUT2D eigenvalue weighted by molar-refractivity contribution is -0.403. The highest BCUT2D eigenvalue weighted by Gasteiger charge is 2.14. The number of carbonyl (C=O) groups excluding carboxylic acids is 1. The van der Waals surface area contributed by atoms with E-state index in [1.807, 2.05) is 0 Å². The van der Waals surface area contributed by atoms with Crippen LogP contribution in [0.3, 0.4) is 0 Å². The number of thioether (sulfide) groups is 1. The first-order valence-electron chi connectivity index (χ1n) is 3.75. The van der Waals surface area contributed by atoms with Crippen LogP contribution in [0.5, 0.6) is 0 Å². The minimum absolute atomic E-state index is 0.313. The van der Waals surface area contributed by atoms with E-state index >= 15 is 0 Å². The van der Waals surface area contributed by atoms with Gasteiger partial charge in [-0.3, -0.25) is 10.1 Å². The molecule has 0 aliphatic carbocycles. The third-order valence-electron chi connectivity index (χ3n) is 1.36. The van der Waals surface area contributed by atoms with Gasteiger partial charge in [-0.05, 0) is 13.2 Å². The molecule has 0 fully saturated rings. The number of hydrogen-bond donors (Lipinski definition) is 1. The summed E-state index contributed by atoms with van der Waals surface area (Å²) < 4.78 is 4.45. The molecule has 0 aliphatic heterocycles. The summed E-state index contributed by atoms with van der Waals surface area (Å²) in [6, 6.07) is -0.598. The minimum atomic E-state index is -0.598. The Morgan fingerprint density at radius 3 is 2.64 bits per heavy atom. The van der Waals surface area contributed by atoms with E-state index in [1.54, 1.807) is 13.2 Å². The van der Waals surface area contributed by atoms with Crippen LogP contribution in [0.15, 0.2) is 11.2 Å². The van der Waals surface area contributed by atoms with Crippen LogP contribution in [0.25, 0.3) is 0 Å². The van der Waals surface area contributed by atoms with Gasteiger partial charge in [-0.25, -0.2) is 4.79 Å². The average Bonchev–Trinajstić information content (AvgIpc) is 2.14. The summed E-state index contributed by atoms with van der Waals surface area (Å²) in [7, 11) is 1.26. The monoisotopic (exact) mass is 220 g/mol. The Balaban J connectivity index is 4.32. The number of nitrogens with one attached hydrogen (secondary N) is 1. The molecule has 6 nitrogen and oxygen atoms in total.